The quantitative estimate of drug-likeness (QED) is 0.755. The molecule has 0 aliphatic rings. The average molecular weight is 194 g/mol. The predicted molar refractivity (Wildman–Crippen MR) is 50.1 cm³/mol. The molecule has 14 heavy (non-hydrogen) atoms. The standard InChI is InChI=1S/C9H10N2O3/c1-2-8(12)11-7-5-6(9(13)14)3-4-10-7/h3-5H,2H2,1H3,(H,13,14)(H,10,11,12). The molecule has 5 nitrogen and oxygen atoms in total. The highest BCUT2D eigenvalue weighted by atomic mass is 16.4. The fourth-order valence-electron chi connectivity index (χ4n) is 0.863. The molecule has 0 spiro atoms. The summed E-state index contributed by atoms with van der Waals surface area (Å²) in [5.41, 5.74) is 0.103. The second kappa shape index (κ2) is 4.36. The largest absolute Gasteiger partial charge is 0.478 e. The molecule has 0 unspecified atom stereocenters. The van der Waals surface area contributed by atoms with Crippen molar-refractivity contribution in [1.29, 1.82) is 0 Å². The van der Waals surface area contributed by atoms with Gasteiger partial charge < -0.3 is 10.4 Å². The van der Waals surface area contributed by atoms with E-state index < -0.39 is 5.97 Å². The lowest BCUT2D eigenvalue weighted by molar-refractivity contribution is -0.115. The summed E-state index contributed by atoms with van der Waals surface area (Å²) in [7, 11) is 0. The zero-order valence-corrected chi connectivity index (χ0v) is 7.65. The van der Waals surface area contributed by atoms with Crippen LogP contribution in [-0.2, 0) is 4.79 Å². The molecule has 0 radical (unpaired) electrons. The number of nitrogens with one attached hydrogen (secondary N) is 1. The van der Waals surface area contributed by atoms with E-state index in [0.29, 0.717) is 6.42 Å². The smallest absolute Gasteiger partial charge is 0.335 e. The lowest BCUT2D eigenvalue weighted by atomic mass is 10.2. The maximum Gasteiger partial charge on any atom is 0.335 e. The summed E-state index contributed by atoms with van der Waals surface area (Å²) in [6, 6.07) is 2.68. The maximum absolute atomic E-state index is 11.0. The zero-order valence-electron chi connectivity index (χ0n) is 7.65. The Balaban J connectivity index is 2.83. The SMILES string of the molecule is CCC(=O)Nc1cc(C(=O)O)ccn1. The Morgan fingerprint density at radius 2 is 2.29 bits per heavy atom. The van der Waals surface area contributed by atoms with Gasteiger partial charge in [0.1, 0.15) is 5.82 Å². The number of nitrogens with zero attached hydrogens (tertiary/aromatic N) is 1. The first-order valence-electron chi connectivity index (χ1n) is 4.12. The Hall–Kier alpha value is -1.91. The molecule has 1 aromatic heterocycles. The summed E-state index contributed by atoms with van der Waals surface area (Å²) >= 11 is 0. The highest BCUT2D eigenvalue weighted by Gasteiger charge is 2.05. The first-order chi connectivity index (χ1) is 6.63. The molecule has 5 heteroatoms. The molecule has 1 rings (SSSR count). The summed E-state index contributed by atoms with van der Waals surface area (Å²) < 4.78 is 0. The predicted octanol–water partition coefficient (Wildman–Crippen LogP) is 1.13. The van der Waals surface area contributed by atoms with Crippen molar-refractivity contribution < 1.29 is 14.7 Å². The normalized spacial score (nSPS) is 9.50. The minimum absolute atomic E-state index is 0.103. The van der Waals surface area contributed by atoms with Crippen molar-refractivity contribution in [3.8, 4) is 0 Å². The van der Waals surface area contributed by atoms with Crippen LogP contribution in [0.1, 0.15) is 23.7 Å². The van der Waals surface area contributed by atoms with E-state index >= 15 is 0 Å². The monoisotopic (exact) mass is 194 g/mol. The van der Waals surface area contributed by atoms with Gasteiger partial charge in [0.2, 0.25) is 5.91 Å². The number of aromatic carboxylic acids is 1. The van der Waals surface area contributed by atoms with E-state index in [1.807, 2.05) is 0 Å². The minimum Gasteiger partial charge on any atom is -0.478 e. The maximum atomic E-state index is 11.0. The van der Waals surface area contributed by atoms with Gasteiger partial charge in [0.05, 0.1) is 5.56 Å². The van der Waals surface area contributed by atoms with Crippen molar-refractivity contribution in [3.63, 3.8) is 0 Å². The van der Waals surface area contributed by atoms with Crippen LogP contribution in [-0.4, -0.2) is 22.0 Å². The number of hydrogen-bond donors (Lipinski definition) is 2. The van der Waals surface area contributed by atoms with Crippen LogP contribution in [0.25, 0.3) is 0 Å². The molecule has 1 amide bonds. The summed E-state index contributed by atoms with van der Waals surface area (Å²) in [5, 5.41) is 11.1. The third-order valence-corrected chi connectivity index (χ3v) is 1.60. The van der Waals surface area contributed by atoms with Crippen LogP contribution < -0.4 is 5.32 Å². The molecule has 0 atom stereocenters. The van der Waals surface area contributed by atoms with Crippen LogP contribution in [0.15, 0.2) is 18.3 Å². The number of aromatic nitrogens is 1. The summed E-state index contributed by atoms with van der Waals surface area (Å²) in [6.45, 7) is 1.70. The van der Waals surface area contributed by atoms with Crippen LogP contribution in [0.5, 0.6) is 0 Å². The molecule has 1 heterocycles. The Bertz CT molecular complexity index is 363. The van der Waals surface area contributed by atoms with Gasteiger partial charge in [0.25, 0.3) is 0 Å². The van der Waals surface area contributed by atoms with Crippen LogP contribution in [0.2, 0.25) is 0 Å². The average Bonchev–Trinajstić information content (AvgIpc) is 2.18. The van der Waals surface area contributed by atoms with Crippen molar-refractivity contribution in [2.24, 2.45) is 0 Å². The van der Waals surface area contributed by atoms with E-state index in [1.165, 1.54) is 18.3 Å². The molecule has 0 aliphatic heterocycles. The number of hydrogen-bond acceptors (Lipinski definition) is 3. The molecule has 0 bridgehead atoms. The van der Waals surface area contributed by atoms with Gasteiger partial charge in [-0.2, -0.15) is 0 Å². The first kappa shape index (κ1) is 10.2. The number of carboxylic acid groups (broad SMARTS) is 1. The number of carbonyl (C=O) groups is 2. The molecule has 0 aromatic carbocycles. The number of amides is 1. The molecule has 0 aliphatic carbocycles. The number of rotatable bonds is 3. The van der Waals surface area contributed by atoms with Crippen molar-refractivity contribution in [1.82, 2.24) is 4.98 Å². The highest BCUT2D eigenvalue weighted by molar-refractivity contribution is 5.92. The number of anilines is 1. The van der Waals surface area contributed by atoms with E-state index in [0.717, 1.165) is 0 Å². The molecule has 1 aromatic rings. The summed E-state index contributed by atoms with van der Waals surface area (Å²) in [6.07, 6.45) is 1.67. The highest BCUT2D eigenvalue weighted by Crippen LogP contribution is 2.06. The van der Waals surface area contributed by atoms with E-state index in [1.54, 1.807) is 6.92 Å². The molecule has 0 saturated carbocycles. The van der Waals surface area contributed by atoms with Crippen molar-refractivity contribution in [2.45, 2.75) is 13.3 Å². The van der Waals surface area contributed by atoms with Gasteiger partial charge in [-0.25, -0.2) is 9.78 Å². The zero-order chi connectivity index (χ0) is 10.6. The topological polar surface area (TPSA) is 79.3 Å². The van der Waals surface area contributed by atoms with E-state index in [9.17, 15) is 9.59 Å². The summed E-state index contributed by atoms with van der Waals surface area (Å²) in [4.78, 5) is 25.3. The number of carbonyl (C=O) groups excluding carboxylic acids is 1. The molecule has 74 valence electrons. The fraction of sp³-hybridized carbons (Fsp3) is 0.222. The van der Waals surface area contributed by atoms with Gasteiger partial charge in [-0.3, -0.25) is 4.79 Å². The van der Waals surface area contributed by atoms with Crippen LogP contribution >= 0.6 is 0 Å². The molecule has 0 fully saturated rings. The van der Waals surface area contributed by atoms with Crippen LogP contribution in [0, 0.1) is 0 Å². The second-order valence-electron chi connectivity index (χ2n) is 2.64. The number of pyridine rings is 1. The molecular formula is C9H10N2O3. The lowest BCUT2D eigenvalue weighted by Crippen LogP contribution is -2.11. The van der Waals surface area contributed by atoms with Gasteiger partial charge in [-0.05, 0) is 12.1 Å². The van der Waals surface area contributed by atoms with Crippen LogP contribution in [0.3, 0.4) is 0 Å². The number of carboxylic acids is 1. The lowest BCUT2D eigenvalue weighted by Gasteiger charge is -2.02. The Labute approximate surface area is 80.8 Å². The Morgan fingerprint density at radius 1 is 1.57 bits per heavy atom. The Kier molecular flexibility index (Phi) is 3.17. The third kappa shape index (κ3) is 2.55. The van der Waals surface area contributed by atoms with Gasteiger partial charge in [0, 0.05) is 12.6 Å². The fourth-order valence-corrected chi connectivity index (χ4v) is 0.863. The van der Waals surface area contributed by atoms with E-state index in [-0.39, 0.29) is 17.3 Å². The molecule has 2 N–H and O–H groups in total. The summed E-state index contributed by atoms with van der Waals surface area (Å²) in [5.74, 6) is -0.976. The van der Waals surface area contributed by atoms with Gasteiger partial charge in [-0.15, -0.1) is 0 Å². The third-order valence-electron chi connectivity index (χ3n) is 1.60. The van der Waals surface area contributed by atoms with E-state index in [2.05, 4.69) is 10.3 Å². The Morgan fingerprint density at radius 3 is 2.86 bits per heavy atom. The molecule has 0 saturated heterocycles. The molecular weight excluding hydrogens is 184 g/mol. The van der Waals surface area contributed by atoms with Crippen molar-refractivity contribution in [3.05, 3.63) is 23.9 Å². The van der Waals surface area contributed by atoms with Crippen molar-refractivity contribution >= 4 is 17.7 Å². The second-order valence-corrected chi connectivity index (χ2v) is 2.64. The van der Waals surface area contributed by atoms with Gasteiger partial charge in [-0.1, -0.05) is 6.92 Å². The van der Waals surface area contributed by atoms with Gasteiger partial charge >= 0.3 is 5.97 Å². The van der Waals surface area contributed by atoms with Crippen LogP contribution in [0.4, 0.5) is 5.82 Å². The first-order valence-corrected chi connectivity index (χ1v) is 4.12. The minimum atomic E-state index is -1.04. The van der Waals surface area contributed by atoms with Gasteiger partial charge in [0.15, 0.2) is 0 Å². The van der Waals surface area contributed by atoms with Crippen molar-refractivity contribution in [2.75, 3.05) is 5.32 Å². The van der Waals surface area contributed by atoms with E-state index in [4.69, 9.17) is 5.11 Å².